The fraction of sp³-hybridized carbons (Fsp3) is 0.267. The Morgan fingerprint density at radius 1 is 1.19 bits per heavy atom. The van der Waals surface area contributed by atoms with Gasteiger partial charge in [-0.3, -0.25) is 9.71 Å². The highest BCUT2D eigenvalue weighted by Gasteiger charge is 2.18. The van der Waals surface area contributed by atoms with Gasteiger partial charge in [-0.15, -0.1) is 0 Å². The number of nitrogens with zero attached hydrogens (tertiary/aromatic N) is 1. The summed E-state index contributed by atoms with van der Waals surface area (Å²) in [4.78, 5) is 4.24. The van der Waals surface area contributed by atoms with E-state index in [0.717, 1.165) is 17.7 Å². The van der Waals surface area contributed by atoms with Crippen molar-refractivity contribution in [2.24, 2.45) is 0 Å². The summed E-state index contributed by atoms with van der Waals surface area (Å²) in [6, 6.07) is 8.75. The Balaban J connectivity index is 2.34. The van der Waals surface area contributed by atoms with E-state index in [9.17, 15) is 8.42 Å². The zero-order valence-electron chi connectivity index (χ0n) is 12.1. The number of rotatable bonds is 6. The molecule has 6 heteroatoms. The number of benzene rings is 1. The molecule has 0 radical (unpaired) electrons. The second-order valence-corrected chi connectivity index (χ2v) is 6.33. The molecule has 1 aromatic carbocycles. The van der Waals surface area contributed by atoms with E-state index in [4.69, 9.17) is 0 Å². The van der Waals surface area contributed by atoms with Crippen LogP contribution in [0.4, 0.5) is 5.69 Å². The first kappa shape index (κ1) is 15.5. The highest BCUT2D eigenvalue weighted by molar-refractivity contribution is 7.92. The number of sulfonamides is 1. The maximum Gasteiger partial charge on any atom is 0.262 e. The number of aryl methyl sites for hydroxylation is 1. The molecule has 0 bridgehead atoms. The SMILES string of the molecule is CCNCc1ccccc1S(=O)(=O)Nc1cnccc1C. The second-order valence-electron chi connectivity index (χ2n) is 4.68. The molecule has 0 atom stereocenters. The highest BCUT2D eigenvalue weighted by Crippen LogP contribution is 2.21. The quantitative estimate of drug-likeness (QED) is 0.859. The zero-order chi connectivity index (χ0) is 15.3. The Morgan fingerprint density at radius 3 is 2.67 bits per heavy atom. The summed E-state index contributed by atoms with van der Waals surface area (Å²) in [6.07, 6.45) is 3.14. The van der Waals surface area contributed by atoms with Crippen molar-refractivity contribution in [1.29, 1.82) is 0 Å². The molecule has 2 rings (SSSR count). The maximum atomic E-state index is 12.6. The number of nitrogens with one attached hydrogen (secondary N) is 2. The van der Waals surface area contributed by atoms with E-state index in [1.807, 2.05) is 26.0 Å². The van der Waals surface area contributed by atoms with Gasteiger partial charge in [0.15, 0.2) is 0 Å². The third kappa shape index (κ3) is 3.80. The van der Waals surface area contributed by atoms with Crippen LogP contribution in [-0.4, -0.2) is 19.9 Å². The van der Waals surface area contributed by atoms with Crippen molar-refractivity contribution in [3.63, 3.8) is 0 Å². The largest absolute Gasteiger partial charge is 0.313 e. The van der Waals surface area contributed by atoms with E-state index < -0.39 is 10.0 Å². The molecule has 0 unspecified atom stereocenters. The topological polar surface area (TPSA) is 71.1 Å². The van der Waals surface area contributed by atoms with E-state index in [-0.39, 0.29) is 4.90 Å². The highest BCUT2D eigenvalue weighted by atomic mass is 32.2. The normalized spacial score (nSPS) is 11.3. The average Bonchev–Trinajstić information content (AvgIpc) is 2.47. The van der Waals surface area contributed by atoms with Gasteiger partial charge in [-0.05, 0) is 36.7 Å². The second kappa shape index (κ2) is 6.69. The molecule has 112 valence electrons. The molecule has 0 fully saturated rings. The molecule has 0 saturated heterocycles. The van der Waals surface area contributed by atoms with Crippen LogP contribution in [0, 0.1) is 6.92 Å². The van der Waals surface area contributed by atoms with Crippen molar-refractivity contribution < 1.29 is 8.42 Å². The Hall–Kier alpha value is -1.92. The molecule has 0 aliphatic carbocycles. The number of pyridine rings is 1. The molecular formula is C15H19N3O2S. The third-order valence-corrected chi connectivity index (χ3v) is 4.58. The lowest BCUT2D eigenvalue weighted by Crippen LogP contribution is -2.19. The van der Waals surface area contributed by atoms with Crippen LogP contribution in [0.25, 0.3) is 0 Å². The lowest BCUT2D eigenvalue weighted by molar-refractivity contribution is 0.598. The van der Waals surface area contributed by atoms with Gasteiger partial charge in [-0.2, -0.15) is 0 Å². The molecular weight excluding hydrogens is 286 g/mol. The van der Waals surface area contributed by atoms with Crippen LogP contribution < -0.4 is 10.0 Å². The Bertz CT molecular complexity index is 714. The van der Waals surface area contributed by atoms with Gasteiger partial charge in [0.25, 0.3) is 10.0 Å². The van der Waals surface area contributed by atoms with Gasteiger partial charge >= 0.3 is 0 Å². The Kier molecular flexibility index (Phi) is 4.93. The molecule has 0 spiro atoms. The lowest BCUT2D eigenvalue weighted by Gasteiger charge is -2.13. The molecule has 0 amide bonds. The fourth-order valence-corrected chi connectivity index (χ4v) is 3.30. The molecule has 2 N–H and O–H groups in total. The number of hydrogen-bond donors (Lipinski definition) is 2. The molecule has 1 aromatic heterocycles. The summed E-state index contributed by atoms with van der Waals surface area (Å²) in [6.45, 7) is 5.11. The molecule has 1 heterocycles. The number of anilines is 1. The van der Waals surface area contributed by atoms with Gasteiger partial charge in [-0.1, -0.05) is 25.1 Å². The van der Waals surface area contributed by atoms with E-state index in [1.165, 1.54) is 6.20 Å². The lowest BCUT2D eigenvalue weighted by atomic mass is 10.2. The average molecular weight is 305 g/mol. The van der Waals surface area contributed by atoms with Crippen molar-refractivity contribution in [1.82, 2.24) is 10.3 Å². The van der Waals surface area contributed by atoms with Crippen LogP contribution in [-0.2, 0) is 16.6 Å². The summed E-state index contributed by atoms with van der Waals surface area (Å²) < 4.78 is 27.7. The first-order valence-electron chi connectivity index (χ1n) is 6.76. The molecule has 0 aliphatic rings. The summed E-state index contributed by atoms with van der Waals surface area (Å²) >= 11 is 0. The van der Waals surface area contributed by atoms with Crippen molar-refractivity contribution in [2.75, 3.05) is 11.3 Å². The molecule has 21 heavy (non-hydrogen) atoms. The van der Waals surface area contributed by atoms with Crippen LogP contribution in [0.3, 0.4) is 0 Å². The van der Waals surface area contributed by atoms with Crippen LogP contribution >= 0.6 is 0 Å². The van der Waals surface area contributed by atoms with E-state index in [2.05, 4.69) is 15.0 Å². The van der Waals surface area contributed by atoms with Gasteiger partial charge < -0.3 is 5.32 Å². The molecule has 5 nitrogen and oxygen atoms in total. The first-order chi connectivity index (χ1) is 10.0. The van der Waals surface area contributed by atoms with Crippen molar-refractivity contribution >= 4 is 15.7 Å². The summed E-state index contributed by atoms with van der Waals surface area (Å²) in [5.41, 5.74) is 2.07. The standard InChI is InChI=1S/C15H19N3O2S/c1-3-16-10-13-6-4-5-7-15(13)21(19,20)18-14-11-17-9-8-12(14)2/h4-9,11,16,18H,3,10H2,1-2H3. The van der Waals surface area contributed by atoms with Crippen LogP contribution in [0.2, 0.25) is 0 Å². The smallest absolute Gasteiger partial charge is 0.262 e. The van der Waals surface area contributed by atoms with Crippen LogP contribution in [0.15, 0.2) is 47.6 Å². The summed E-state index contributed by atoms with van der Waals surface area (Å²) in [7, 11) is -3.63. The van der Waals surface area contributed by atoms with Gasteiger partial charge in [0.1, 0.15) is 0 Å². The van der Waals surface area contributed by atoms with Gasteiger partial charge in [0, 0.05) is 12.7 Å². The van der Waals surface area contributed by atoms with E-state index in [1.54, 1.807) is 24.4 Å². The predicted octanol–water partition coefficient (Wildman–Crippen LogP) is 2.30. The number of hydrogen-bond acceptors (Lipinski definition) is 4. The van der Waals surface area contributed by atoms with Gasteiger partial charge in [-0.25, -0.2) is 8.42 Å². The van der Waals surface area contributed by atoms with Crippen molar-refractivity contribution in [3.8, 4) is 0 Å². The molecule has 2 aromatic rings. The van der Waals surface area contributed by atoms with Crippen LogP contribution in [0.5, 0.6) is 0 Å². The van der Waals surface area contributed by atoms with Crippen molar-refractivity contribution in [3.05, 3.63) is 53.9 Å². The Morgan fingerprint density at radius 2 is 1.95 bits per heavy atom. The Labute approximate surface area is 125 Å². The van der Waals surface area contributed by atoms with Crippen LogP contribution in [0.1, 0.15) is 18.1 Å². The van der Waals surface area contributed by atoms with E-state index >= 15 is 0 Å². The van der Waals surface area contributed by atoms with Gasteiger partial charge in [0.2, 0.25) is 0 Å². The minimum absolute atomic E-state index is 0.286. The third-order valence-electron chi connectivity index (χ3n) is 3.11. The minimum Gasteiger partial charge on any atom is -0.313 e. The summed E-state index contributed by atoms with van der Waals surface area (Å²) in [5.74, 6) is 0. The number of aromatic nitrogens is 1. The predicted molar refractivity (Wildman–Crippen MR) is 83.6 cm³/mol. The summed E-state index contributed by atoms with van der Waals surface area (Å²) in [5, 5.41) is 3.15. The monoisotopic (exact) mass is 305 g/mol. The fourth-order valence-electron chi connectivity index (χ4n) is 1.94. The minimum atomic E-state index is -3.63. The zero-order valence-corrected chi connectivity index (χ0v) is 12.9. The molecule has 0 saturated carbocycles. The first-order valence-corrected chi connectivity index (χ1v) is 8.25. The van der Waals surface area contributed by atoms with Gasteiger partial charge in [0.05, 0.1) is 16.8 Å². The van der Waals surface area contributed by atoms with Crippen molar-refractivity contribution in [2.45, 2.75) is 25.3 Å². The molecule has 0 aliphatic heterocycles. The van der Waals surface area contributed by atoms with E-state index in [0.29, 0.717) is 12.2 Å². The maximum absolute atomic E-state index is 12.6.